The quantitative estimate of drug-likeness (QED) is 0.780. The van der Waals surface area contributed by atoms with Gasteiger partial charge in [-0.05, 0) is 18.9 Å². The van der Waals surface area contributed by atoms with E-state index in [2.05, 4.69) is 4.57 Å². The molecule has 1 aliphatic rings. The lowest BCUT2D eigenvalue weighted by Gasteiger charge is -2.08. The molecule has 1 aromatic heterocycles. The summed E-state index contributed by atoms with van der Waals surface area (Å²) in [4.78, 5) is 11.3. The third-order valence-electron chi connectivity index (χ3n) is 3.63. The first-order chi connectivity index (χ1) is 8.80. The summed E-state index contributed by atoms with van der Waals surface area (Å²) in [6.45, 7) is 0.967. The Balaban J connectivity index is 2.37. The molecule has 3 rings (SSSR count). The van der Waals surface area contributed by atoms with Crippen LogP contribution in [-0.4, -0.2) is 25.1 Å². The Hall–Kier alpha value is -1.97. The number of carbonyl (C=O) groups is 1. The zero-order chi connectivity index (χ0) is 12.7. The molecule has 0 amide bonds. The molecule has 0 atom stereocenters. The number of rotatable bonds is 3. The van der Waals surface area contributed by atoms with Gasteiger partial charge in [0.05, 0.1) is 19.7 Å². The van der Waals surface area contributed by atoms with Crippen LogP contribution in [0.4, 0.5) is 0 Å². The molecule has 94 valence electrons. The van der Waals surface area contributed by atoms with Gasteiger partial charge in [0.2, 0.25) is 0 Å². The standard InChI is InChI=1S/C14H15NO3/c1-17-13-6-9-10(8-16)11-4-3-5-15(11)12(9)7-14(13)18-2/h6-8H,3-5H2,1-2H3. The van der Waals surface area contributed by atoms with Crippen molar-refractivity contribution < 1.29 is 14.3 Å². The number of benzene rings is 1. The molecule has 0 aliphatic carbocycles. The molecule has 0 radical (unpaired) electrons. The van der Waals surface area contributed by atoms with Crippen molar-refractivity contribution in [3.05, 3.63) is 23.4 Å². The first-order valence-electron chi connectivity index (χ1n) is 6.02. The maximum Gasteiger partial charge on any atom is 0.162 e. The molecule has 0 N–H and O–H groups in total. The lowest BCUT2D eigenvalue weighted by molar-refractivity contribution is 0.112. The fourth-order valence-electron chi connectivity index (χ4n) is 2.81. The summed E-state index contributed by atoms with van der Waals surface area (Å²) in [5, 5.41) is 0.956. The van der Waals surface area contributed by atoms with E-state index in [1.807, 2.05) is 12.1 Å². The average molecular weight is 245 g/mol. The van der Waals surface area contributed by atoms with Crippen LogP contribution >= 0.6 is 0 Å². The Morgan fingerprint density at radius 2 is 1.94 bits per heavy atom. The molecule has 0 saturated heterocycles. The van der Waals surface area contributed by atoms with E-state index in [0.29, 0.717) is 11.5 Å². The van der Waals surface area contributed by atoms with Gasteiger partial charge in [0.15, 0.2) is 17.8 Å². The minimum Gasteiger partial charge on any atom is -0.493 e. The van der Waals surface area contributed by atoms with Crippen LogP contribution in [0.5, 0.6) is 11.5 Å². The Morgan fingerprint density at radius 1 is 1.22 bits per heavy atom. The van der Waals surface area contributed by atoms with Crippen molar-refractivity contribution in [1.29, 1.82) is 0 Å². The highest BCUT2D eigenvalue weighted by molar-refractivity contribution is 6.01. The van der Waals surface area contributed by atoms with Crippen LogP contribution in [0, 0.1) is 0 Å². The van der Waals surface area contributed by atoms with Crippen LogP contribution in [0.25, 0.3) is 10.9 Å². The topological polar surface area (TPSA) is 40.5 Å². The second-order valence-electron chi connectivity index (χ2n) is 4.46. The molecule has 4 heteroatoms. The van der Waals surface area contributed by atoms with Crippen molar-refractivity contribution in [2.45, 2.75) is 19.4 Å². The van der Waals surface area contributed by atoms with Gasteiger partial charge in [0.1, 0.15) is 0 Å². The third-order valence-corrected chi connectivity index (χ3v) is 3.63. The number of aromatic nitrogens is 1. The fraction of sp³-hybridized carbons (Fsp3) is 0.357. The summed E-state index contributed by atoms with van der Waals surface area (Å²) in [7, 11) is 3.23. The van der Waals surface area contributed by atoms with Crippen molar-refractivity contribution in [3.63, 3.8) is 0 Å². The molecule has 0 unspecified atom stereocenters. The Morgan fingerprint density at radius 3 is 2.61 bits per heavy atom. The van der Waals surface area contributed by atoms with E-state index in [1.54, 1.807) is 14.2 Å². The molecule has 0 saturated carbocycles. The van der Waals surface area contributed by atoms with Gasteiger partial charge in [-0.1, -0.05) is 0 Å². The first kappa shape index (κ1) is 11.1. The van der Waals surface area contributed by atoms with Crippen LogP contribution in [-0.2, 0) is 13.0 Å². The number of hydrogen-bond acceptors (Lipinski definition) is 3. The van der Waals surface area contributed by atoms with Gasteiger partial charge < -0.3 is 14.0 Å². The van der Waals surface area contributed by atoms with Gasteiger partial charge in [-0.2, -0.15) is 0 Å². The molecule has 0 bridgehead atoms. The largest absolute Gasteiger partial charge is 0.493 e. The van der Waals surface area contributed by atoms with Gasteiger partial charge in [0, 0.05) is 29.3 Å². The lowest BCUT2D eigenvalue weighted by atomic mass is 10.1. The molecular weight excluding hydrogens is 230 g/mol. The maximum atomic E-state index is 11.3. The number of hydrogen-bond donors (Lipinski definition) is 0. The number of aryl methyl sites for hydroxylation is 1. The van der Waals surface area contributed by atoms with E-state index in [0.717, 1.165) is 47.8 Å². The molecule has 4 nitrogen and oxygen atoms in total. The highest BCUT2D eigenvalue weighted by atomic mass is 16.5. The zero-order valence-electron chi connectivity index (χ0n) is 10.5. The Kier molecular flexibility index (Phi) is 2.51. The van der Waals surface area contributed by atoms with E-state index in [-0.39, 0.29) is 0 Å². The van der Waals surface area contributed by atoms with E-state index in [9.17, 15) is 4.79 Å². The molecule has 0 spiro atoms. The summed E-state index contributed by atoms with van der Waals surface area (Å²) in [6, 6.07) is 3.85. The molecule has 1 aliphatic heterocycles. The average Bonchev–Trinajstić information content (AvgIpc) is 2.96. The van der Waals surface area contributed by atoms with E-state index in [1.165, 1.54) is 0 Å². The first-order valence-corrected chi connectivity index (χ1v) is 6.02. The van der Waals surface area contributed by atoms with Crippen molar-refractivity contribution in [2.75, 3.05) is 14.2 Å². The predicted molar refractivity (Wildman–Crippen MR) is 68.8 cm³/mol. The Labute approximate surface area is 105 Å². The highest BCUT2D eigenvalue weighted by Gasteiger charge is 2.22. The van der Waals surface area contributed by atoms with Gasteiger partial charge in [-0.3, -0.25) is 4.79 Å². The second-order valence-corrected chi connectivity index (χ2v) is 4.46. The van der Waals surface area contributed by atoms with E-state index in [4.69, 9.17) is 9.47 Å². The van der Waals surface area contributed by atoms with E-state index >= 15 is 0 Å². The molecular formula is C14H15NO3. The normalized spacial score (nSPS) is 13.7. The van der Waals surface area contributed by atoms with Crippen LogP contribution in [0.2, 0.25) is 0 Å². The minimum absolute atomic E-state index is 0.664. The maximum absolute atomic E-state index is 11.3. The SMILES string of the molecule is COc1cc2c(C=O)c3n(c2cc1OC)CCC3. The van der Waals surface area contributed by atoms with Gasteiger partial charge in [-0.15, -0.1) is 0 Å². The van der Waals surface area contributed by atoms with Crippen LogP contribution in [0.3, 0.4) is 0 Å². The zero-order valence-corrected chi connectivity index (χ0v) is 10.5. The summed E-state index contributed by atoms with van der Waals surface area (Å²) < 4.78 is 12.8. The van der Waals surface area contributed by atoms with Gasteiger partial charge in [0.25, 0.3) is 0 Å². The van der Waals surface area contributed by atoms with Crippen LogP contribution in [0.1, 0.15) is 22.5 Å². The highest BCUT2D eigenvalue weighted by Crippen LogP contribution is 2.37. The fourth-order valence-corrected chi connectivity index (χ4v) is 2.81. The Bertz CT molecular complexity index is 628. The summed E-state index contributed by atoms with van der Waals surface area (Å²) >= 11 is 0. The molecule has 0 fully saturated rings. The van der Waals surface area contributed by atoms with Crippen molar-refractivity contribution >= 4 is 17.2 Å². The number of fused-ring (bicyclic) bond motifs is 3. The summed E-state index contributed by atoms with van der Waals surface area (Å²) in [6.07, 6.45) is 3.01. The smallest absolute Gasteiger partial charge is 0.162 e. The predicted octanol–water partition coefficient (Wildman–Crippen LogP) is 2.42. The molecule has 18 heavy (non-hydrogen) atoms. The summed E-state index contributed by atoms with van der Waals surface area (Å²) in [5.41, 5.74) is 2.99. The summed E-state index contributed by atoms with van der Waals surface area (Å²) in [5.74, 6) is 1.37. The monoisotopic (exact) mass is 245 g/mol. The third kappa shape index (κ3) is 1.35. The number of aldehydes is 1. The van der Waals surface area contributed by atoms with Crippen molar-refractivity contribution in [2.24, 2.45) is 0 Å². The minimum atomic E-state index is 0.664. The number of nitrogens with zero attached hydrogens (tertiary/aromatic N) is 1. The lowest BCUT2D eigenvalue weighted by Crippen LogP contribution is -1.94. The molecule has 2 aromatic rings. The molecule has 1 aromatic carbocycles. The number of methoxy groups -OCH3 is 2. The van der Waals surface area contributed by atoms with Crippen LogP contribution in [0.15, 0.2) is 12.1 Å². The number of carbonyl (C=O) groups excluding carboxylic acids is 1. The number of ether oxygens (including phenoxy) is 2. The van der Waals surface area contributed by atoms with Gasteiger partial charge >= 0.3 is 0 Å². The molecule has 2 heterocycles. The second kappa shape index (κ2) is 4.05. The van der Waals surface area contributed by atoms with E-state index < -0.39 is 0 Å². The van der Waals surface area contributed by atoms with Crippen LogP contribution < -0.4 is 9.47 Å². The van der Waals surface area contributed by atoms with Crippen molar-refractivity contribution in [3.8, 4) is 11.5 Å². The van der Waals surface area contributed by atoms with Crippen molar-refractivity contribution in [1.82, 2.24) is 4.57 Å². The van der Waals surface area contributed by atoms with Gasteiger partial charge in [-0.25, -0.2) is 0 Å².